The molecular weight excluding hydrogens is 104 g/mol. The zero-order valence-electron chi connectivity index (χ0n) is 4.68. The second-order valence-electron chi connectivity index (χ2n) is 1.63. The Morgan fingerprint density at radius 2 is 2.50 bits per heavy atom. The minimum atomic E-state index is -1.08. The van der Waals surface area contributed by atoms with Crippen molar-refractivity contribution in [3.05, 3.63) is 0 Å². The summed E-state index contributed by atoms with van der Waals surface area (Å²) in [5.41, 5.74) is 0. The van der Waals surface area contributed by atoms with Crippen LogP contribution in [-0.2, 0) is 4.79 Å². The maximum atomic E-state index is 9.88. The smallest absolute Gasteiger partial charge is 0.0452 e. The maximum Gasteiger partial charge on any atom is 0.0452 e. The molecule has 0 amide bonds. The molecular formula is C6H7O2-. The van der Waals surface area contributed by atoms with E-state index >= 15 is 0 Å². The molecule has 8 heavy (non-hydrogen) atoms. The maximum absolute atomic E-state index is 9.88. The van der Waals surface area contributed by atoms with Crippen molar-refractivity contribution in [3.8, 4) is 12.3 Å². The van der Waals surface area contributed by atoms with Gasteiger partial charge in [0.25, 0.3) is 0 Å². The van der Waals surface area contributed by atoms with Crippen LogP contribution in [0.2, 0.25) is 0 Å². The molecule has 0 aromatic carbocycles. The lowest BCUT2D eigenvalue weighted by Crippen LogP contribution is -2.29. The highest BCUT2D eigenvalue weighted by Gasteiger charge is 1.97. The van der Waals surface area contributed by atoms with Gasteiger partial charge in [0.05, 0.1) is 0 Å². The van der Waals surface area contributed by atoms with E-state index in [0.717, 1.165) is 0 Å². The van der Waals surface area contributed by atoms with Crippen molar-refractivity contribution in [2.24, 2.45) is 5.92 Å². The largest absolute Gasteiger partial charge is 0.550 e. The number of carbonyl (C=O) groups is 1. The van der Waals surface area contributed by atoms with Crippen LogP contribution in [0, 0.1) is 18.3 Å². The van der Waals surface area contributed by atoms with Gasteiger partial charge in [-0.05, 0) is 0 Å². The summed E-state index contributed by atoms with van der Waals surface area (Å²) in [6, 6.07) is 0. The predicted octanol–water partition coefficient (Wildman–Crippen LogP) is -0.604. The van der Waals surface area contributed by atoms with Gasteiger partial charge in [-0.25, -0.2) is 0 Å². The summed E-state index contributed by atoms with van der Waals surface area (Å²) in [6.07, 6.45) is 5.08. The van der Waals surface area contributed by atoms with Gasteiger partial charge in [-0.2, -0.15) is 0 Å². The molecule has 0 aromatic rings. The first-order valence-electron chi connectivity index (χ1n) is 2.32. The highest BCUT2D eigenvalue weighted by molar-refractivity contribution is 5.67. The normalized spacial score (nSPS) is 12.0. The Labute approximate surface area is 48.5 Å². The Hall–Kier alpha value is -0.970. The molecule has 2 nitrogen and oxygen atoms in total. The topological polar surface area (TPSA) is 40.1 Å². The number of carboxylic acids is 1. The average molecular weight is 111 g/mol. The quantitative estimate of drug-likeness (QED) is 0.446. The predicted molar refractivity (Wildman–Crippen MR) is 27.6 cm³/mol. The molecule has 0 aliphatic rings. The zero-order chi connectivity index (χ0) is 6.57. The fourth-order valence-corrected chi connectivity index (χ4v) is 0.260. The first-order chi connectivity index (χ1) is 3.68. The Kier molecular flexibility index (Phi) is 2.71. The molecule has 0 N–H and O–H groups in total. The van der Waals surface area contributed by atoms with Crippen LogP contribution in [0.25, 0.3) is 0 Å². The van der Waals surface area contributed by atoms with Crippen LogP contribution < -0.4 is 5.11 Å². The molecule has 0 rings (SSSR count). The van der Waals surface area contributed by atoms with Crippen LogP contribution in [-0.4, -0.2) is 5.97 Å². The monoisotopic (exact) mass is 111 g/mol. The van der Waals surface area contributed by atoms with Crippen LogP contribution in [0.3, 0.4) is 0 Å². The van der Waals surface area contributed by atoms with E-state index in [1.165, 1.54) is 6.92 Å². The summed E-state index contributed by atoms with van der Waals surface area (Å²) in [6.45, 7) is 1.52. The van der Waals surface area contributed by atoms with E-state index in [1.54, 1.807) is 0 Å². The Morgan fingerprint density at radius 3 is 2.62 bits per heavy atom. The second kappa shape index (κ2) is 3.09. The van der Waals surface area contributed by atoms with E-state index in [4.69, 9.17) is 6.42 Å². The van der Waals surface area contributed by atoms with Crippen molar-refractivity contribution in [1.82, 2.24) is 0 Å². The van der Waals surface area contributed by atoms with Gasteiger partial charge in [0.1, 0.15) is 0 Å². The lowest BCUT2D eigenvalue weighted by atomic mass is 10.1. The SMILES string of the molecule is C#CCC(C)C(=O)[O-]. The fourth-order valence-electron chi connectivity index (χ4n) is 0.260. The highest BCUT2D eigenvalue weighted by atomic mass is 16.4. The van der Waals surface area contributed by atoms with Gasteiger partial charge in [-0.15, -0.1) is 12.3 Å². The summed E-state index contributed by atoms with van der Waals surface area (Å²) in [5.74, 6) is 0.633. The van der Waals surface area contributed by atoms with E-state index in [9.17, 15) is 9.90 Å². The van der Waals surface area contributed by atoms with E-state index < -0.39 is 11.9 Å². The molecule has 0 saturated carbocycles. The number of hydrogen-bond donors (Lipinski definition) is 0. The van der Waals surface area contributed by atoms with Gasteiger partial charge in [-0.1, -0.05) is 6.92 Å². The number of carbonyl (C=O) groups excluding carboxylic acids is 1. The van der Waals surface area contributed by atoms with Crippen LogP contribution in [0.4, 0.5) is 0 Å². The van der Waals surface area contributed by atoms with Crippen molar-refractivity contribution in [2.75, 3.05) is 0 Å². The van der Waals surface area contributed by atoms with Gasteiger partial charge in [0.2, 0.25) is 0 Å². The summed E-state index contributed by atoms with van der Waals surface area (Å²) >= 11 is 0. The van der Waals surface area contributed by atoms with E-state index in [-0.39, 0.29) is 6.42 Å². The lowest BCUT2D eigenvalue weighted by molar-refractivity contribution is -0.310. The van der Waals surface area contributed by atoms with E-state index in [0.29, 0.717) is 0 Å². The van der Waals surface area contributed by atoms with Crippen LogP contribution in [0.5, 0.6) is 0 Å². The molecule has 0 radical (unpaired) electrons. The summed E-state index contributed by atoms with van der Waals surface area (Å²) in [4.78, 5) is 9.88. The first-order valence-corrected chi connectivity index (χ1v) is 2.32. The molecule has 0 saturated heterocycles. The molecule has 0 aromatic heterocycles. The lowest BCUT2D eigenvalue weighted by Gasteiger charge is -2.06. The molecule has 0 heterocycles. The molecule has 1 atom stereocenters. The minimum Gasteiger partial charge on any atom is -0.550 e. The van der Waals surface area contributed by atoms with E-state index in [1.807, 2.05) is 0 Å². The van der Waals surface area contributed by atoms with Crippen LogP contribution >= 0.6 is 0 Å². The highest BCUT2D eigenvalue weighted by Crippen LogP contribution is 1.95. The Bertz CT molecular complexity index is 121. The third kappa shape index (κ3) is 2.25. The summed E-state index contributed by atoms with van der Waals surface area (Å²) < 4.78 is 0. The average Bonchev–Trinajstić information content (AvgIpc) is 1.67. The van der Waals surface area contributed by atoms with Gasteiger partial charge < -0.3 is 9.90 Å². The molecule has 44 valence electrons. The Morgan fingerprint density at radius 1 is 2.00 bits per heavy atom. The number of rotatable bonds is 2. The standard InChI is InChI=1S/C6H8O2/c1-3-4-5(2)6(7)8/h1,5H,4H2,2H3,(H,7,8)/p-1. The van der Waals surface area contributed by atoms with Crippen molar-refractivity contribution >= 4 is 5.97 Å². The van der Waals surface area contributed by atoms with Crippen molar-refractivity contribution in [2.45, 2.75) is 13.3 Å². The zero-order valence-corrected chi connectivity index (χ0v) is 4.68. The van der Waals surface area contributed by atoms with Crippen LogP contribution in [0.1, 0.15) is 13.3 Å². The van der Waals surface area contributed by atoms with Gasteiger partial charge in [-0.3, -0.25) is 0 Å². The number of aliphatic carboxylic acids is 1. The molecule has 1 unspecified atom stereocenters. The first kappa shape index (κ1) is 7.03. The third-order valence-corrected chi connectivity index (χ3v) is 0.826. The Balaban J connectivity index is 3.52. The summed E-state index contributed by atoms with van der Waals surface area (Å²) in [7, 11) is 0. The molecule has 0 spiro atoms. The number of hydrogen-bond acceptors (Lipinski definition) is 2. The third-order valence-electron chi connectivity index (χ3n) is 0.826. The van der Waals surface area contributed by atoms with Gasteiger partial charge >= 0.3 is 0 Å². The number of terminal acetylenes is 1. The molecule has 0 bridgehead atoms. The van der Waals surface area contributed by atoms with Gasteiger partial charge in [0, 0.05) is 18.3 Å². The minimum absolute atomic E-state index is 0.252. The van der Waals surface area contributed by atoms with Crippen molar-refractivity contribution < 1.29 is 9.90 Å². The van der Waals surface area contributed by atoms with Gasteiger partial charge in [0.15, 0.2) is 0 Å². The van der Waals surface area contributed by atoms with Crippen LogP contribution in [0.15, 0.2) is 0 Å². The second-order valence-corrected chi connectivity index (χ2v) is 1.63. The van der Waals surface area contributed by atoms with E-state index in [2.05, 4.69) is 5.92 Å². The van der Waals surface area contributed by atoms with Crippen molar-refractivity contribution in [3.63, 3.8) is 0 Å². The number of carboxylic acid groups (broad SMARTS) is 1. The van der Waals surface area contributed by atoms with Crippen molar-refractivity contribution in [1.29, 1.82) is 0 Å². The molecule has 2 heteroatoms. The molecule has 0 fully saturated rings. The molecule has 0 aliphatic heterocycles. The molecule has 0 aliphatic carbocycles. The fraction of sp³-hybridized carbons (Fsp3) is 0.500. The summed E-state index contributed by atoms with van der Waals surface area (Å²) in [5, 5.41) is 9.88.